The first-order chi connectivity index (χ1) is 5.67. The Hall–Kier alpha value is 0.127. The summed E-state index contributed by atoms with van der Waals surface area (Å²) in [7, 11) is 0. The standard InChI is InChI=1S/C9H13IOSi/c1-3-11-12(2,10)9-7-5-4-6-8-9/h4-8H,3H2,1-2H3. The molecule has 66 valence electrons. The zero-order valence-electron chi connectivity index (χ0n) is 7.38. The van der Waals surface area contributed by atoms with Crippen LogP contribution in [-0.2, 0) is 4.43 Å². The first-order valence-corrected chi connectivity index (χ1v) is 9.57. The van der Waals surface area contributed by atoms with Crippen LogP contribution in [0.4, 0.5) is 0 Å². The lowest BCUT2D eigenvalue weighted by Crippen LogP contribution is -2.41. The van der Waals surface area contributed by atoms with E-state index in [0.717, 1.165) is 6.61 Å². The highest BCUT2D eigenvalue weighted by atomic mass is 127. The summed E-state index contributed by atoms with van der Waals surface area (Å²) in [4.78, 5) is 0. The number of hydrogen-bond acceptors (Lipinski definition) is 1. The molecule has 0 saturated carbocycles. The second kappa shape index (κ2) is 4.39. The van der Waals surface area contributed by atoms with Crippen LogP contribution in [0.1, 0.15) is 6.92 Å². The van der Waals surface area contributed by atoms with Crippen molar-refractivity contribution in [1.82, 2.24) is 0 Å². The molecule has 0 radical (unpaired) electrons. The van der Waals surface area contributed by atoms with E-state index in [1.807, 2.05) is 13.0 Å². The van der Waals surface area contributed by atoms with E-state index in [1.165, 1.54) is 5.19 Å². The maximum atomic E-state index is 5.74. The lowest BCUT2D eigenvalue weighted by molar-refractivity contribution is 0.352. The molecule has 0 bridgehead atoms. The second-order valence-electron chi connectivity index (χ2n) is 2.72. The van der Waals surface area contributed by atoms with E-state index < -0.39 is 5.81 Å². The third-order valence-corrected chi connectivity index (χ3v) is 6.70. The van der Waals surface area contributed by atoms with Gasteiger partial charge in [0.1, 0.15) is 0 Å². The van der Waals surface area contributed by atoms with Gasteiger partial charge in [-0.05, 0) is 18.7 Å². The summed E-state index contributed by atoms with van der Waals surface area (Å²) in [5, 5.41) is 1.35. The van der Waals surface area contributed by atoms with Crippen molar-refractivity contribution in [3.05, 3.63) is 30.3 Å². The molecule has 0 aromatic heterocycles. The highest BCUT2D eigenvalue weighted by Gasteiger charge is 2.26. The Morgan fingerprint density at radius 2 is 1.92 bits per heavy atom. The Labute approximate surface area is 87.5 Å². The van der Waals surface area contributed by atoms with Crippen LogP contribution in [0.3, 0.4) is 0 Å². The zero-order chi connectivity index (χ0) is 9.03. The summed E-state index contributed by atoms with van der Waals surface area (Å²) in [6.45, 7) is 5.07. The minimum absolute atomic E-state index is 0.806. The van der Waals surface area contributed by atoms with Gasteiger partial charge in [0.05, 0.1) is 0 Å². The topological polar surface area (TPSA) is 9.23 Å². The smallest absolute Gasteiger partial charge is 0.287 e. The molecule has 0 aliphatic heterocycles. The number of halogens is 1. The van der Waals surface area contributed by atoms with Gasteiger partial charge in [0, 0.05) is 6.61 Å². The zero-order valence-corrected chi connectivity index (χ0v) is 10.5. The molecule has 0 aliphatic rings. The molecule has 1 aromatic rings. The third-order valence-electron chi connectivity index (χ3n) is 1.70. The molecule has 0 amide bonds. The van der Waals surface area contributed by atoms with Gasteiger partial charge in [-0.25, -0.2) is 0 Å². The van der Waals surface area contributed by atoms with Crippen molar-refractivity contribution in [2.24, 2.45) is 0 Å². The largest absolute Gasteiger partial charge is 0.404 e. The summed E-state index contributed by atoms with van der Waals surface area (Å²) in [5.41, 5.74) is 0. The fourth-order valence-corrected chi connectivity index (χ4v) is 4.60. The normalized spacial score (nSPS) is 15.6. The number of benzene rings is 1. The molecule has 3 heteroatoms. The van der Waals surface area contributed by atoms with Gasteiger partial charge in [0.2, 0.25) is 0 Å². The fourth-order valence-electron chi connectivity index (χ4n) is 1.09. The number of hydrogen-bond donors (Lipinski definition) is 0. The second-order valence-corrected chi connectivity index (χ2v) is 11.6. The van der Waals surface area contributed by atoms with E-state index in [-0.39, 0.29) is 0 Å². The Kier molecular flexibility index (Phi) is 3.73. The molecule has 0 N–H and O–H groups in total. The van der Waals surface area contributed by atoms with E-state index in [2.05, 4.69) is 52.6 Å². The molecule has 1 atom stereocenters. The van der Waals surface area contributed by atoms with Crippen molar-refractivity contribution in [3.63, 3.8) is 0 Å². The van der Waals surface area contributed by atoms with E-state index in [0.29, 0.717) is 0 Å². The van der Waals surface area contributed by atoms with Gasteiger partial charge in [0.15, 0.2) is 0 Å². The predicted octanol–water partition coefficient (Wildman–Crippen LogP) is 2.44. The Morgan fingerprint density at radius 1 is 1.33 bits per heavy atom. The van der Waals surface area contributed by atoms with Crippen LogP contribution in [0.15, 0.2) is 30.3 Å². The first kappa shape index (κ1) is 10.2. The van der Waals surface area contributed by atoms with Crippen molar-refractivity contribution < 1.29 is 4.43 Å². The van der Waals surface area contributed by atoms with Gasteiger partial charge in [0.25, 0.3) is 5.81 Å². The SMILES string of the molecule is CCO[Si](C)(I)c1ccccc1. The van der Waals surface area contributed by atoms with E-state index in [4.69, 9.17) is 4.43 Å². The fraction of sp³-hybridized carbons (Fsp3) is 0.333. The van der Waals surface area contributed by atoms with Crippen LogP contribution < -0.4 is 5.19 Å². The molecule has 0 spiro atoms. The van der Waals surface area contributed by atoms with Gasteiger partial charge in [-0.1, -0.05) is 52.1 Å². The maximum Gasteiger partial charge on any atom is 0.287 e. The van der Waals surface area contributed by atoms with Crippen molar-refractivity contribution in [2.75, 3.05) is 6.61 Å². The summed E-state index contributed by atoms with van der Waals surface area (Å²) in [6.07, 6.45) is 0. The molecule has 1 rings (SSSR count). The van der Waals surface area contributed by atoms with E-state index in [9.17, 15) is 0 Å². The predicted molar refractivity (Wildman–Crippen MR) is 63.3 cm³/mol. The van der Waals surface area contributed by atoms with Crippen molar-refractivity contribution >= 4 is 32.8 Å². The summed E-state index contributed by atoms with van der Waals surface area (Å²) < 4.78 is 5.74. The monoisotopic (exact) mass is 292 g/mol. The minimum Gasteiger partial charge on any atom is -0.404 e. The van der Waals surface area contributed by atoms with Crippen LogP contribution in [-0.4, -0.2) is 12.4 Å². The molecule has 0 fully saturated rings. The lowest BCUT2D eigenvalue weighted by Gasteiger charge is -2.19. The molecule has 1 unspecified atom stereocenters. The highest BCUT2D eigenvalue weighted by molar-refractivity contribution is 14.1. The summed E-state index contributed by atoms with van der Waals surface area (Å²) in [6, 6.07) is 10.5. The lowest BCUT2D eigenvalue weighted by atomic mass is 10.4. The molecule has 12 heavy (non-hydrogen) atoms. The van der Waals surface area contributed by atoms with Gasteiger partial charge < -0.3 is 4.43 Å². The molecular formula is C9H13IOSi. The Balaban J connectivity index is 2.82. The Bertz CT molecular complexity index is 236. The van der Waals surface area contributed by atoms with Crippen LogP contribution in [0.2, 0.25) is 6.55 Å². The van der Waals surface area contributed by atoms with Crippen molar-refractivity contribution in [2.45, 2.75) is 13.5 Å². The average Bonchev–Trinajstić information content (AvgIpc) is 2.06. The average molecular weight is 292 g/mol. The van der Waals surface area contributed by atoms with Crippen molar-refractivity contribution in [1.29, 1.82) is 0 Å². The van der Waals surface area contributed by atoms with Gasteiger partial charge in [-0.3, -0.25) is 0 Å². The van der Waals surface area contributed by atoms with Crippen molar-refractivity contribution in [3.8, 4) is 0 Å². The van der Waals surface area contributed by atoms with E-state index >= 15 is 0 Å². The molecule has 0 saturated heterocycles. The molecule has 1 aromatic carbocycles. The first-order valence-electron chi connectivity index (χ1n) is 4.05. The molecular weight excluding hydrogens is 279 g/mol. The summed E-state index contributed by atoms with van der Waals surface area (Å²) in [5.74, 6) is -1.61. The molecule has 1 nitrogen and oxygen atoms in total. The van der Waals surface area contributed by atoms with Crippen LogP contribution >= 0.6 is 21.8 Å². The van der Waals surface area contributed by atoms with Gasteiger partial charge in [-0.2, -0.15) is 0 Å². The molecule has 0 heterocycles. The van der Waals surface area contributed by atoms with Gasteiger partial charge in [-0.15, -0.1) is 0 Å². The third kappa shape index (κ3) is 2.57. The quantitative estimate of drug-likeness (QED) is 0.472. The Morgan fingerprint density at radius 3 is 2.42 bits per heavy atom. The van der Waals surface area contributed by atoms with Crippen LogP contribution in [0.5, 0.6) is 0 Å². The van der Waals surface area contributed by atoms with Crippen LogP contribution in [0, 0.1) is 0 Å². The van der Waals surface area contributed by atoms with Crippen LogP contribution in [0.25, 0.3) is 0 Å². The minimum atomic E-state index is -1.61. The maximum absolute atomic E-state index is 5.74. The summed E-state index contributed by atoms with van der Waals surface area (Å²) >= 11 is 2.46. The van der Waals surface area contributed by atoms with Gasteiger partial charge >= 0.3 is 0 Å². The highest BCUT2D eigenvalue weighted by Crippen LogP contribution is 2.13. The number of rotatable bonds is 3. The molecule has 0 aliphatic carbocycles. The van der Waals surface area contributed by atoms with E-state index in [1.54, 1.807) is 0 Å².